The van der Waals surface area contributed by atoms with Gasteiger partial charge in [0, 0.05) is 19.3 Å². The van der Waals surface area contributed by atoms with Crippen molar-refractivity contribution in [3.63, 3.8) is 0 Å². The van der Waals surface area contributed by atoms with Gasteiger partial charge in [0.1, 0.15) is 10.1 Å². The van der Waals surface area contributed by atoms with Crippen molar-refractivity contribution in [2.24, 2.45) is 0 Å². The number of hydrogen-bond acceptors (Lipinski definition) is 4. The molecular weight excluding hydrogens is 395 g/mol. The van der Waals surface area contributed by atoms with Crippen molar-refractivity contribution in [3.8, 4) is 0 Å². The first-order valence-electron chi connectivity index (χ1n) is 8.14. The second-order valence-corrected chi connectivity index (χ2v) is 7.58. The molecule has 1 aliphatic rings. The van der Waals surface area contributed by atoms with Crippen LogP contribution in [0.25, 0.3) is 0 Å². The Morgan fingerprint density at radius 1 is 1.22 bits per heavy atom. The summed E-state index contributed by atoms with van der Waals surface area (Å²) in [5.41, 5.74) is 1.68. The lowest BCUT2D eigenvalue weighted by Crippen LogP contribution is -2.34. The number of rotatable bonds is 3. The number of anilines is 1. The molecule has 27 heavy (non-hydrogen) atoms. The molecule has 0 saturated carbocycles. The lowest BCUT2D eigenvalue weighted by Gasteiger charge is -2.30. The Morgan fingerprint density at radius 3 is 2.63 bits per heavy atom. The smallest absolute Gasteiger partial charge is 0.353 e. The number of nitrogens with one attached hydrogen (secondary N) is 1. The number of hydrogen-bond donors (Lipinski definition) is 1. The molecule has 2 aromatic rings. The van der Waals surface area contributed by atoms with E-state index in [0.29, 0.717) is 17.1 Å². The van der Waals surface area contributed by atoms with Gasteiger partial charge in [-0.1, -0.05) is 48.2 Å². The second-order valence-electron chi connectivity index (χ2n) is 5.97. The van der Waals surface area contributed by atoms with Crippen molar-refractivity contribution in [2.75, 3.05) is 17.6 Å². The molecule has 0 saturated heterocycles. The molecule has 0 radical (unpaired) electrons. The van der Waals surface area contributed by atoms with Crippen LogP contribution in [0.2, 0.25) is 0 Å². The van der Waals surface area contributed by atoms with Crippen LogP contribution in [0.3, 0.4) is 0 Å². The van der Waals surface area contributed by atoms with Gasteiger partial charge in [0.05, 0.1) is 11.3 Å². The predicted molar refractivity (Wildman–Crippen MR) is 103 cm³/mol. The van der Waals surface area contributed by atoms with E-state index in [0.717, 1.165) is 25.1 Å². The molecule has 9 heteroatoms. The molecule has 0 unspecified atom stereocenters. The highest BCUT2D eigenvalue weighted by molar-refractivity contribution is 8.23. The van der Waals surface area contributed by atoms with Crippen LogP contribution >= 0.6 is 24.0 Å². The molecule has 0 spiro atoms. The molecule has 0 atom stereocenters. The summed E-state index contributed by atoms with van der Waals surface area (Å²) in [6.07, 6.45) is -2.86. The monoisotopic (exact) mass is 411 g/mol. The van der Waals surface area contributed by atoms with Crippen molar-refractivity contribution >= 4 is 40.0 Å². The van der Waals surface area contributed by atoms with E-state index in [2.05, 4.69) is 22.4 Å². The topological polar surface area (TPSA) is 45.2 Å². The maximum Gasteiger partial charge on any atom is 0.417 e. The number of thiocarbonyl (C=S) groups is 1. The number of aromatic nitrogens is 1. The fourth-order valence-corrected chi connectivity index (χ4v) is 3.68. The van der Waals surface area contributed by atoms with Crippen molar-refractivity contribution in [1.82, 2.24) is 9.88 Å². The van der Waals surface area contributed by atoms with E-state index in [9.17, 15) is 18.0 Å². The highest BCUT2D eigenvalue weighted by Crippen LogP contribution is 2.29. The zero-order valence-corrected chi connectivity index (χ0v) is 15.8. The van der Waals surface area contributed by atoms with E-state index in [1.807, 2.05) is 17.0 Å². The van der Waals surface area contributed by atoms with Crippen molar-refractivity contribution in [1.29, 1.82) is 0 Å². The van der Waals surface area contributed by atoms with Gasteiger partial charge in [0.25, 0.3) is 0 Å². The van der Waals surface area contributed by atoms with Crippen molar-refractivity contribution in [2.45, 2.75) is 19.1 Å². The number of fused-ring (bicyclic) bond motifs is 1. The largest absolute Gasteiger partial charge is 0.417 e. The molecule has 2 heterocycles. The van der Waals surface area contributed by atoms with Crippen LogP contribution in [0.5, 0.6) is 0 Å². The van der Waals surface area contributed by atoms with Crippen LogP contribution < -0.4 is 5.32 Å². The fourth-order valence-electron chi connectivity index (χ4n) is 2.68. The molecule has 4 nitrogen and oxygen atoms in total. The number of benzene rings is 1. The predicted octanol–water partition coefficient (Wildman–Crippen LogP) is 4.12. The first-order chi connectivity index (χ1) is 12.8. The summed E-state index contributed by atoms with van der Waals surface area (Å²) in [6.45, 7) is 1.51. The summed E-state index contributed by atoms with van der Waals surface area (Å²) >= 11 is 6.64. The van der Waals surface area contributed by atoms with E-state index < -0.39 is 11.7 Å². The van der Waals surface area contributed by atoms with Crippen LogP contribution in [-0.4, -0.2) is 32.4 Å². The van der Waals surface area contributed by atoms with Gasteiger partial charge in [0.2, 0.25) is 5.91 Å². The minimum atomic E-state index is -4.45. The number of pyridine rings is 1. The summed E-state index contributed by atoms with van der Waals surface area (Å²) in [7, 11) is 0. The van der Waals surface area contributed by atoms with Crippen LogP contribution in [0.15, 0.2) is 42.6 Å². The number of halogens is 3. The highest BCUT2D eigenvalue weighted by Gasteiger charge is 2.30. The van der Waals surface area contributed by atoms with Crippen LogP contribution in [0.1, 0.15) is 16.7 Å². The number of carbonyl (C=O) groups is 1. The highest BCUT2D eigenvalue weighted by atomic mass is 32.2. The maximum atomic E-state index is 12.5. The number of alkyl halides is 3. The Labute approximate surface area is 164 Å². The number of nitrogens with zero attached hydrogens (tertiary/aromatic N) is 2. The molecule has 0 bridgehead atoms. The molecule has 1 N–H and O–H groups in total. The van der Waals surface area contributed by atoms with Crippen LogP contribution in [0, 0.1) is 0 Å². The molecule has 0 fully saturated rings. The Kier molecular flexibility index (Phi) is 6.01. The molecule has 1 aromatic carbocycles. The Morgan fingerprint density at radius 2 is 1.96 bits per heavy atom. The van der Waals surface area contributed by atoms with Gasteiger partial charge in [-0.2, -0.15) is 13.2 Å². The zero-order valence-electron chi connectivity index (χ0n) is 14.1. The molecule has 1 aliphatic heterocycles. The van der Waals surface area contributed by atoms with Gasteiger partial charge in [-0.15, -0.1) is 0 Å². The standard InChI is InChI=1S/C18H16F3N3OS2/c19-18(20,21)14-5-6-15(22-9-14)23-16(25)11-27-17(26)24-8-7-12-3-1-2-4-13(12)10-24/h1-6,9H,7-8,10-11H2,(H,22,23,25). The van der Waals surface area contributed by atoms with E-state index >= 15 is 0 Å². The van der Waals surface area contributed by atoms with Gasteiger partial charge < -0.3 is 10.2 Å². The van der Waals surface area contributed by atoms with E-state index in [1.165, 1.54) is 22.9 Å². The third-order valence-corrected chi connectivity index (χ3v) is 5.60. The second kappa shape index (κ2) is 8.26. The average molecular weight is 411 g/mol. The van der Waals surface area contributed by atoms with Gasteiger partial charge in [0.15, 0.2) is 0 Å². The van der Waals surface area contributed by atoms with Crippen molar-refractivity contribution in [3.05, 3.63) is 59.3 Å². The van der Waals surface area contributed by atoms with Gasteiger partial charge in [-0.3, -0.25) is 4.79 Å². The molecule has 0 aliphatic carbocycles. The van der Waals surface area contributed by atoms with E-state index in [1.54, 1.807) is 0 Å². The summed E-state index contributed by atoms with van der Waals surface area (Å²) in [4.78, 5) is 17.7. The van der Waals surface area contributed by atoms with E-state index in [-0.39, 0.29) is 17.5 Å². The SMILES string of the molecule is O=C(CSC(=S)N1CCc2ccccc2C1)Nc1ccc(C(F)(F)F)cn1. The van der Waals surface area contributed by atoms with Crippen LogP contribution in [0.4, 0.5) is 19.0 Å². The number of thioether (sulfide) groups is 1. The van der Waals surface area contributed by atoms with Gasteiger partial charge >= 0.3 is 6.18 Å². The molecular formula is C18H16F3N3OS2. The third-order valence-electron chi connectivity index (χ3n) is 4.07. The first-order valence-corrected chi connectivity index (χ1v) is 9.54. The fraction of sp³-hybridized carbons (Fsp3) is 0.278. The molecule has 1 aromatic heterocycles. The third kappa shape index (κ3) is 5.20. The number of carbonyl (C=O) groups excluding carboxylic acids is 1. The average Bonchev–Trinajstić information content (AvgIpc) is 2.65. The van der Waals surface area contributed by atoms with Crippen LogP contribution in [-0.2, 0) is 23.9 Å². The molecule has 142 valence electrons. The Balaban J connectivity index is 1.48. The lowest BCUT2D eigenvalue weighted by molar-refractivity contribution is -0.137. The molecule has 1 amide bonds. The van der Waals surface area contributed by atoms with Gasteiger partial charge in [-0.25, -0.2) is 4.98 Å². The lowest BCUT2D eigenvalue weighted by atomic mass is 10.0. The maximum absolute atomic E-state index is 12.5. The summed E-state index contributed by atoms with van der Waals surface area (Å²) in [5, 5.41) is 2.48. The van der Waals surface area contributed by atoms with Crippen molar-refractivity contribution < 1.29 is 18.0 Å². The Hall–Kier alpha value is -2.13. The summed E-state index contributed by atoms with van der Waals surface area (Å²) < 4.78 is 38.2. The summed E-state index contributed by atoms with van der Waals surface area (Å²) in [5.74, 6) is -0.224. The van der Waals surface area contributed by atoms with Gasteiger partial charge in [-0.05, 0) is 29.7 Å². The number of amides is 1. The minimum Gasteiger partial charge on any atom is -0.353 e. The molecule has 3 rings (SSSR count). The zero-order chi connectivity index (χ0) is 19.4. The minimum absolute atomic E-state index is 0.0691. The Bertz CT molecular complexity index is 840. The quantitative estimate of drug-likeness (QED) is 0.770. The summed E-state index contributed by atoms with van der Waals surface area (Å²) in [6, 6.07) is 10.2. The normalized spacial score (nSPS) is 13.8. The van der Waals surface area contributed by atoms with E-state index in [4.69, 9.17) is 12.2 Å². The first kappa shape index (κ1) is 19.6.